The van der Waals surface area contributed by atoms with E-state index < -0.39 is 0 Å². The molecule has 0 unspecified atom stereocenters. The van der Waals surface area contributed by atoms with Gasteiger partial charge in [0, 0.05) is 12.6 Å². The van der Waals surface area contributed by atoms with Gasteiger partial charge in [0.25, 0.3) is 0 Å². The van der Waals surface area contributed by atoms with E-state index in [0.717, 1.165) is 17.9 Å². The first kappa shape index (κ1) is 13.4. The molecule has 1 N–H and O–H groups in total. The van der Waals surface area contributed by atoms with Crippen LogP contribution in [0.25, 0.3) is 0 Å². The quantitative estimate of drug-likeness (QED) is 0.765. The second-order valence-corrected chi connectivity index (χ2v) is 7.25. The smallest absolute Gasteiger partial charge is 0.00675 e. The van der Waals surface area contributed by atoms with Crippen LogP contribution in [0.3, 0.4) is 0 Å². The fraction of sp³-hybridized carbons (Fsp3) is 1.00. The van der Waals surface area contributed by atoms with Crippen molar-refractivity contribution >= 4 is 0 Å². The van der Waals surface area contributed by atoms with E-state index in [-0.39, 0.29) is 0 Å². The van der Waals surface area contributed by atoms with Crippen LogP contribution in [0.15, 0.2) is 0 Å². The molecule has 0 aromatic heterocycles. The third-order valence-electron chi connectivity index (χ3n) is 5.34. The molecule has 0 amide bonds. The highest BCUT2D eigenvalue weighted by atomic mass is 14.9. The van der Waals surface area contributed by atoms with Crippen LogP contribution in [-0.2, 0) is 0 Å². The van der Waals surface area contributed by atoms with Crippen molar-refractivity contribution in [3.8, 4) is 0 Å². The Morgan fingerprint density at radius 1 is 1.06 bits per heavy atom. The molecule has 0 atom stereocenters. The van der Waals surface area contributed by atoms with E-state index in [1.54, 1.807) is 0 Å². The second-order valence-electron chi connectivity index (χ2n) is 7.25. The molecule has 2 saturated carbocycles. The summed E-state index contributed by atoms with van der Waals surface area (Å²) in [7, 11) is 0. The lowest BCUT2D eigenvalue weighted by Crippen LogP contribution is -2.39. The minimum absolute atomic E-state index is 0.620. The molecule has 17 heavy (non-hydrogen) atoms. The largest absolute Gasteiger partial charge is 0.313 e. The zero-order valence-electron chi connectivity index (χ0n) is 12.1. The van der Waals surface area contributed by atoms with Gasteiger partial charge in [-0.25, -0.2) is 0 Å². The lowest BCUT2D eigenvalue weighted by atomic mass is 9.79. The van der Waals surface area contributed by atoms with Gasteiger partial charge in [0.2, 0.25) is 0 Å². The molecule has 1 nitrogen and oxygen atoms in total. The van der Waals surface area contributed by atoms with Crippen molar-refractivity contribution in [1.29, 1.82) is 0 Å². The van der Waals surface area contributed by atoms with Gasteiger partial charge in [-0.2, -0.15) is 0 Å². The second kappa shape index (κ2) is 5.73. The first-order valence-electron chi connectivity index (χ1n) is 7.82. The molecule has 0 radical (unpaired) electrons. The molecule has 0 spiro atoms. The molecule has 2 aliphatic carbocycles. The Bertz CT molecular complexity index is 220. The van der Waals surface area contributed by atoms with Gasteiger partial charge in [-0.3, -0.25) is 0 Å². The summed E-state index contributed by atoms with van der Waals surface area (Å²) in [5.74, 6) is 1.89. The summed E-state index contributed by atoms with van der Waals surface area (Å²) in [5.41, 5.74) is 0.620. The maximum absolute atomic E-state index is 3.86. The van der Waals surface area contributed by atoms with E-state index in [2.05, 4.69) is 26.1 Å². The van der Waals surface area contributed by atoms with E-state index in [1.165, 1.54) is 57.9 Å². The average molecular weight is 237 g/mol. The normalized spacial score (nSPS) is 33.2. The fourth-order valence-electron chi connectivity index (χ4n) is 3.79. The van der Waals surface area contributed by atoms with Crippen molar-refractivity contribution in [3.63, 3.8) is 0 Å². The Morgan fingerprint density at radius 3 is 2.18 bits per heavy atom. The summed E-state index contributed by atoms with van der Waals surface area (Å²) in [6.45, 7) is 8.52. The van der Waals surface area contributed by atoms with Crippen molar-refractivity contribution in [2.24, 2.45) is 17.3 Å². The van der Waals surface area contributed by atoms with Crippen molar-refractivity contribution in [2.75, 3.05) is 6.54 Å². The Balaban J connectivity index is 1.68. The molecule has 1 heteroatoms. The molecule has 2 rings (SSSR count). The molecular formula is C16H31N. The Morgan fingerprint density at radius 2 is 1.65 bits per heavy atom. The molecule has 0 heterocycles. The highest BCUT2D eigenvalue weighted by Gasteiger charge is 2.30. The van der Waals surface area contributed by atoms with Gasteiger partial charge in [0.15, 0.2) is 0 Å². The van der Waals surface area contributed by atoms with Gasteiger partial charge in [-0.05, 0) is 55.8 Å². The topological polar surface area (TPSA) is 12.0 Å². The lowest BCUT2D eigenvalue weighted by Gasteiger charge is -2.34. The summed E-state index contributed by atoms with van der Waals surface area (Å²) in [5, 5.41) is 3.86. The van der Waals surface area contributed by atoms with E-state index in [1.807, 2.05) is 0 Å². The molecule has 0 aromatic rings. The van der Waals surface area contributed by atoms with Crippen molar-refractivity contribution in [2.45, 2.75) is 78.2 Å². The van der Waals surface area contributed by atoms with E-state index >= 15 is 0 Å². The van der Waals surface area contributed by atoms with Gasteiger partial charge in [0.1, 0.15) is 0 Å². The monoisotopic (exact) mass is 237 g/mol. The van der Waals surface area contributed by atoms with Crippen LogP contribution in [0.1, 0.15) is 72.1 Å². The molecule has 0 aliphatic heterocycles. The third kappa shape index (κ3) is 3.71. The van der Waals surface area contributed by atoms with Gasteiger partial charge >= 0.3 is 0 Å². The summed E-state index contributed by atoms with van der Waals surface area (Å²) >= 11 is 0. The van der Waals surface area contributed by atoms with Crippen LogP contribution >= 0.6 is 0 Å². The van der Waals surface area contributed by atoms with E-state index in [0.29, 0.717) is 5.41 Å². The highest BCUT2D eigenvalue weighted by Crippen LogP contribution is 2.37. The third-order valence-corrected chi connectivity index (χ3v) is 5.34. The first-order chi connectivity index (χ1) is 8.09. The first-order valence-corrected chi connectivity index (χ1v) is 7.82. The van der Waals surface area contributed by atoms with Crippen LogP contribution in [0.4, 0.5) is 0 Å². The van der Waals surface area contributed by atoms with Crippen LogP contribution in [-0.4, -0.2) is 12.6 Å². The predicted molar refractivity (Wildman–Crippen MR) is 75.2 cm³/mol. The van der Waals surface area contributed by atoms with Gasteiger partial charge in [-0.1, -0.05) is 33.6 Å². The molecule has 0 bridgehead atoms. The fourth-order valence-corrected chi connectivity index (χ4v) is 3.79. The standard InChI is InChI=1S/C16H31N/c1-13(2)14-6-8-15(9-7-14)17-12-16(3)10-4-5-11-16/h13-15,17H,4-12H2,1-3H3. The number of hydrogen-bond acceptors (Lipinski definition) is 1. The van der Waals surface area contributed by atoms with Crippen LogP contribution < -0.4 is 5.32 Å². The molecular weight excluding hydrogens is 206 g/mol. The Hall–Kier alpha value is -0.0400. The van der Waals surface area contributed by atoms with E-state index in [4.69, 9.17) is 0 Å². The Labute approximate surface area is 108 Å². The van der Waals surface area contributed by atoms with Crippen LogP contribution in [0.2, 0.25) is 0 Å². The molecule has 100 valence electrons. The number of nitrogens with one attached hydrogen (secondary N) is 1. The highest BCUT2D eigenvalue weighted by molar-refractivity contribution is 4.85. The summed E-state index contributed by atoms with van der Waals surface area (Å²) < 4.78 is 0. The van der Waals surface area contributed by atoms with Crippen LogP contribution in [0, 0.1) is 17.3 Å². The van der Waals surface area contributed by atoms with Crippen LogP contribution in [0.5, 0.6) is 0 Å². The van der Waals surface area contributed by atoms with Crippen molar-refractivity contribution in [1.82, 2.24) is 5.32 Å². The maximum atomic E-state index is 3.86. The van der Waals surface area contributed by atoms with Gasteiger partial charge in [-0.15, -0.1) is 0 Å². The van der Waals surface area contributed by atoms with Gasteiger partial charge < -0.3 is 5.32 Å². The Kier molecular flexibility index (Phi) is 4.52. The molecule has 2 aliphatic rings. The van der Waals surface area contributed by atoms with Crippen molar-refractivity contribution < 1.29 is 0 Å². The maximum Gasteiger partial charge on any atom is 0.00675 e. The molecule has 2 fully saturated rings. The lowest BCUT2D eigenvalue weighted by molar-refractivity contribution is 0.216. The zero-order chi connectivity index (χ0) is 12.3. The van der Waals surface area contributed by atoms with E-state index in [9.17, 15) is 0 Å². The molecule has 0 aromatic carbocycles. The summed E-state index contributed by atoms with van der Waals surface area (Å²) in [6, 6.07) is 0.822. The minimum atomic E-state index is 0.620. The van der Waals surface area contributed by atoms with Gasteiger partial charge in [0.05, 0.1) is 0 Å². The average Bonchev–Trinajstić information content (AvgIpc) is 2.75. The number of hydrogen-bond donors (Lipinski definition) is 1. The molecule has 0 saturated heterocycles. The predicted octanol–water partition coefficient (Wildman–Crippen LogP) is 4.37. The minimum Gasteiger partial charge on any atom is -0.313 e. The zero-order valence-corrected chi connectivity index (χ0v) is 12.1. The summed E-state index contributed by atoms with van der Waals surface area (Å²) in [6.07, 6.45) is 11.5. The number of rotatable bonds is 4. The SMILES string of the molecule is CC(C)C1CCC(NCC2(C)CCCC2)CC1. The van der Waals surface area contributed by atoms with Crippen molar-refractivity contribution in [3.05, 3.63) is 0 Å². The summed E-state index contributed by atoms with van der Waals surface area (Å²) in [4.78, 5) is 0.